The van der Waals surface area contributed by atoms with E-state index in [1.54, 1.807) is 24.3 Å². The molecular formula is C23H23ClN2O4S. The fraction of sp³-hybridized carbons (Fsp3) is 0.174. The number of halogens is 1. The van der Waals surface area contributed by atoms with Gasteiger partial charge in [0.2, 0.25) is 0 Å². The number of sulfonamides is 1. The van der Waals surface area contributed by atoms with Crippen molar-refractivity contribution < 1.29 is 17.9 Å². The molecule has 0 fully saturated rings. The number of carbonyl (C=O) groups is 1. The van der Waals surface area contributed by atoms with Crippen molar-refractivity contribution in [1.29, 1.82) is 0 Å². The summed E-state index contributed by atoms with van der Waals surface area (Å²) in [6.07, 6.45) is 0. The van der Waals surface area contributed by atoms with Gasteiger partial charge in [-0.05, 0) is 61.9 Å². The van der Waals surface area contributed by atoms with Gasteiger partial charge in [-0.25, -0.2) is 8.42 Å². The molecule has 3 aromatic carbocycles. The van der Waals surface area contributed by atoms with Crippen molar-refractivity contribution in [3.63, 3.8) is 0 Å². The van der Waals surface area contributed by atoms with Crippen molar-refractivity contribution in [3.8, 4) is 5.75 Å². The normalized spacial score (nSPS) is 11.1. The van der Waals surface area contributed by atoms with E-state index in [1.165, 1.54) is 18.2 Å². The number of anilines is 1. The van der Waals surface area contributed by atoms with Crippen LogP contribution in [0.4, 0.5) is 5.69 Å². The lowest BCUT2D eigenvalue weighted by molar-refractivity contribution is 0.0950. The Morgan fingerprint density at radius 2 is 1.68 bits per heavy atom. The van der Waals surface area contributed by atoms with Gasteiger partial charge in [-0.15, -0.1) is 0 Å². The minimum Gasteiger partial charge on any atom is -0.494 e. The largest absolute Gasteiger partial charge is 0.494 e. The van der Waals surface area contributed by atoms with Crippen LogP contribution in [0.5, 0.6) is 5.75 Å². The van der Waals surface area contributed by atoms with Crippen LogP contribution in [-0.4, -0.2) is 20.9 Å². The Morgan fingerprint density at radius 3 is 2.32 bits per heavy atom. The highest BCUT2D eigenvalue weighted by Crippen LogP contribution is 2.25. The van der Waals surface area contributed by atoms with E-state index in [2.05, 4.69) is 10.0 Å². The Balaban J connectivity index is 1.73. The minimum absolute atomic E-state index is 0.0303. The summed E-state index contributed by atoms with van der Waals surface area (Å²) >= 11 is 6.13. The number of rotatable bonds is 8. The predicted molar refractivity (Wildman–Crippen MR) is 122 cm³/mol. The molecule has 162 valence electrons. The van der Waals surface area contributed by atoms with E-state index in [1.807, 2.05) is 38.1 Å². The lowest BCUT2D eigenvalue weighted by Crippen LogP contribution is -2.23. The average molecular weight is 459 g/mol. The summed E-state index contributed by atoms with van der Waals surface area (Å²) in [6, 6.07) is 18.4. The van der Waals surface area contributed by atoms with Crippen LogP contribution in [0.2, 0.25) is 5.02 Å². The highest BCUT2D eigenvalue weighted by Gasteiger charge is 2.20. The molecular weight excluding hydrogens is 436 g/mol. The van der Waals surface area contributed by atoms with Crippen LogP contribution in [0, 0.1) is 6.92 Å². The van der Waals surface area contributed by atoms with Gasteiger partial charge in [0, 0.05) is 17.8 Å². The molecule has 0 aliphatic carbocycles. The molecule has 0 atom stereocenters. The van der Waals surface area contributed by atoms with E-state index in [-0.39, 0.29) is 22.0 Å². The van der Waals surface area contributed by atoms with Crippen LogP contribution >= 0.6 is 11.6 Å². The van der Waals surface area contributed by atoms with Crippen LogP contribution in [0.1, 0.15) is 28.4 Å². The number of ether oxygens (including phenoxy) is 1. The van der Waals surface area contributed by atoms with Crippen molar-refractivity contribution in [2.45, 2.75) is 25.3 Å². The summed E-state index contributed by atoms with van der Waals surface area (Å²) in [6.45, 7) is 4.68. The Hall–Kier alpha value is -3.03. The first-order valence-electron chi connectivity index (χ1n) is 9.67. The quantitative estimate of drug-likeness (QED) is 0.508. The lowest BCUT2D eigenvalue weighted by Gasteiger charge is -2.12. The fourth-order valence-electron chi connectivity index (χ4n) is 2.84. The standard InChI is InChI=1S/C23H23ClN2O4S/c1-3-30-20-11-6-17(7-12-20)15-25-23(27)18-8-13-21(24)22(14-18)31(28,29)26-19-9-4-16(2)5-10-19/h4-14,26H,3,15H2,1-2H3,(H,25,27). The van der Waals surface area contributed by atoms with E-state index >= 15 is 0 Å². The lowest BCUT2D eigenvalue weighted by atomic mass is 10.2. The molecule has 3 aromatic rings. The van der Waals surface area contributed by atoms with E-state index in [0.29, 0.717) is 12.3 Å². The van der Waals surface area contributed by atoms with Gasteiger partial charge in [0.1, 0.15) is 10.6 Å². The van der Waals surface area contributed by atoms with Crippen molar-refractivity contribution in [2.75, 3.05) is 11.3 Å². The third kappa shape index (κ3) is 5.99. The zero-order valence-electron chi connectivity index (χ0n) is 17.2. The van der Waals surface area contributed by atoms with Crippen LogP contribution in [0.25, 0.3) is 0 Å². The van der Waals surface area contributed by atoms with Gasteiger partial charge < -0.3 is 10.1 Å². The Bertz CT molecular complexity index is 1160. The molecule has 0 aliphatic rings. The molecule has 1 amide bonds. The van der Waals surface area contributed by atoms with Gasteiger partial charge in [0.05, 0.1) is 11.6 Å². The van der Waals surface area contributed by atoms with Gasteiger partial charge in [-0.2, -0.15) is 0 Å². The van der Waals surface area contributed by atoms with Gasteiger partial charge in [-0.1, -0.05) is 41.4 Å². The van der Waals surface area contributed by atoms with Crippen molar-refractivity contribution >= 4 is 33.2 Å². The van der Waals surface area contributed by atoms with E-state index in [4.69, 9.17) is 16.3 Å². The molecule has 0 saturated heterocycles. The number of aryl methyl sites for hydroxylation is 1. The van der Waals surface area contributed by atoms with Crippen LogP contribution in [0.15, 0.2) is 71.6 Å². The second kappa shape index (κ2) is 9.85. The number of benzene rings is 3. The van der Waals surface area contributed by atoms with Gasteiger partial charge in [0.25, 0.3) is 15.9 Å². The van der Waals surface area contributed by atoms with Gasteiger partial charge in [-0.3, -0.25) is 9.52 Å². The first kappa shape index (κ1) is 22.7. The monoisotopic (exact) mass is 458 g/mol. The molecule has 0 spiro atoms. The Morgan fingerprint density at radius 1 is 1.00 bits per heavy atom. The average Bonchev–Trinajstić information content (AvgIpc) is 2.75. The van der Waals surface area contributed by atoms with E-state index in [0.717, 1.165) is 16.9 Å². The predicted octanol–water partition coefficient (Wildman–Crippen LogP) is 4.78. The molecule has 3 rings (SSSR count). The summed E-state index contributed by atoms with van der Waals surface area (Å²) in [5.74, 6) is 0.351. The molecule has 6 nitrogen and oxygen atoms in total. The van der Waals surface area contributed by atoms with Crippen LogP contribution in [-0.2, 0) is 16.6 Å². The summed E-state index contributed by atoms with van der Waals surface area (Å²) < 4.78 is 33.5. The molecule has 0 aromatic heterocycles. The number of nitrogens with one attached hydrogen (secondary N) is 2. The summed E-state index contributed by atoms with van der Waals surface area (Å²) in [5, 5.41) is 2.81. The summed E-state index contributed by atoms with van der Waals surface area (Å²) in [7, 11) is -3.97. The van der Waals surface area contributed by atoms with E-state index in [9.17, 15) is 13.2 Å². The zero-order valence-corrected chi connectivity index (χ0v) is 18.8. The van der Waals surface area contributed by atoms with Crippen molar-refractivity contribution in [3.05, 3.63) is 88.4 Å². The van der Waals surface area contributed by atoms with Crippen molar-refractivity contribution in [1.82, 2.24) is 5.32 Å². The number of amides is 1. The maximum absolute atomic E-state index is 12.8. The van der Waals surface area contributed by atoms with Crippen molar-refractivity contribution in [2.24, 2.45) is 0 Å². The molecule has 31 heavy (non-hydrogen) atoms. The molecule has 0 radical (unpaired) electrons. The molecule has 0 heterocycles. The molecule has 0 unspecified atom stereocenters. The minimum atomic E-state index is -3.97. The maximum Gasteiger partial charge on any atom is 0.263 e. The molecule has 0 aliphatic heterocycles. The molecule has 8 heteroatoms. The Labute approximate surface area is 187 Å². The smallest absolute Gasteiger partial charge is 0.263 e. The SMILES string of the molecule is CCOc1ccc(CNC(=O)c2ccc(Cl)c(S(=O)(=O)Nc3ccc(C)cc3)c2)cc1. The Kier molecular flexibility index (Phi) is 7.20. The first-order valence-corrected chi connectivity index (χ1v) is 11.5. The van der Waals surface area contributed by atoms with Crippen LogP contribution in [0.3, 0.4) is 0 Å². The summed E-state index contributed by atoms with van der Waals surface area (Å²) in [5.41, 5.74) is 2.50. The second-order valence-corrected chi connectivity index (χ2v) is 8.93. The maximum atomic E-state index is 12.8. The zero-order chi connectivity index (χ0) is 22.4. The van der Waals surface area contributed by atoms with Gasteiger partial charge in [0.15, 0.2) is 0 Å². The second-order valence-electron chi connectivity index (χ2n) is 6.88. The fourth-order valence-corrected chi connectivity index (χ4v) is 4.42. The van der Waals surface area contributed by atoms with Gasteiger partial charge >= 0.3 is 0 Å². The third-order valence-electron chi connectivity index (χ3n) is 4.47. The summed E-state index contributed by atoms with van der Waals surface area (Å²) in [4.78, 5) is 12.4. The number of hydrogen-bond acceptors (Lipinski definition) is 4. The first-order chi connectivity index (χ1) is 14.8. The molecule has 0 saturated carbocycles. The highest BCUT2D eigenvalue weighted by atomic mass is 35.5. The molecule has 2 N–H and O–H groups in total. The van der Waals surface area contributed by atoms with Crippen LogP contribution < -0.4 is 14.8 Å². The number of hydrogen-bond donors (Lipinski definition) is 2. The van der Waals surface area contributed by atoms with E-state index < -0.39 is 15.9 Å². The molecule has 0 bridgehead atoms. The third-order valence-corrected chi connectivity index (χ3v) is 6.34. The number of carbonyl (C=O) groups excluding carboxylic acids is 1. The highest BCUT2D eigenvalue weighted by molar-refractivity contribution is 7.92. The topological polar surface area (TPSA) is 84.5 Å².